The van der Waals surface area contributed by atoms with E-state index in [1.807, 2.05) is 49.4 Å². The molecular weight excluding hydrogens is 324 g/mol. The smallest absolute Gasteiger partial charge is 0.229 e. The summed E-state index contributed by atoms with van der Waals surface area (Å²) in [7, 11) is 0. The predicted octanol–water partition coefficient (Wildman–Crippen LogP) is 4.50. The molecule has 0 aliphatic carbocycles. The van der Waals surface area contributed by atoms with Crippen molar-refractivity contribution in [2.24, 2.45) is 5.92 Å². The summed E-state index contributed by atoms with van der Waals surface area (Å²) in [6, 6.07) is 15.8. The number of carbonyl (C=O) groups is 2. The Kier molecular flexibility index (Phi) is 5.40. The Balaban J connectivity index is 1.72. The maximum absolute atomic E-state index is 12.8. The number of hydrogen-bond acceptors (Lipinski definition) is 2. The van der Waals surface area contributed by atoms with Gasteiger partial charge >= 0.3 is 0 Å². The number of benzene rings is 2. The van der Waals surface area contributed by atoms with Crippen molar-refractivity contribution in [1.29, 1.82) is 0 Å². The van der Waals surface area contributed by atoms with Crippen LogP contribution >= 0.6 is 0 Å². The molecule has 0 aromatic heterocycles. The van der Waals surface area contributed by atoms with Crippen molar-refractivity contribution >= 4 is 23.2 Å². The van der Waals surface area contributed by atoms with Crippen LogP contribution in [0.15, 0.2) is 48.5 Å². The lowest BCUT2D eigenvalue weighted by molar-refractivity contribution is -0.122. The lowest BCUT2D eigenvalue weighted by Crippen LogP contribution is -2.28. The minimum Gasteiger partial charge on any atom is -0.326 e. The minimum absolute atomic E-state index is 0.00390. The highest BCUT2D eigenvalue weighted by atomic mass is 16.2. The lowest BCUT2D eigenvalue weighted by Gasteiger charge is -2.18. The van der Waals surface area contributed by atoms with Gasteiger partial charge in [-0.2, -0.15) is 0 Å². The molecule has 1 fully saturated rings. The summed E-state index contributed by atoms with van der Waals surface area (Å²) in [5.74, 6) is -0.0255. The second-order valence-electron chi connectivity index (χ2n) is 7.13. The Morgan fingerprint density at radius 2 is 1.88 bits per heavy atom. The molecule has 2 aromatic rings. The zero-order valence-electron chi connectivity index (χ0n) is 15.7. The number of nitrogens with zero attached hydrogens (tertiary/aromatic N) is 1. The first-order chi connectivity index (χ1) is 12.5. The number of anilines is 2. The molecule has 26 heavy (non-hydrogen) atoms. The third-order valence-corrected chi connectivity index (χ3v) is 5.20. The molecule has 2 amide bonds. The summed E-state index contributed by atoms with van der Waals surface area (Å²) >= 11 is 0. The molecule has 0 radical (unpaired) electrons. The molecule has 2 atom stereocenters. The molecule has 1 saturated heterocycles. The highest BCUT2D eigenvalue weighted by Crippen LogP contribution is 2.29. The summed E-state index contributed by atoms with van der Waals surface area (Å²) in [6.45, 7) is 6.74. The van der Waals surface area contributed by atoms with Gasteiger partial charge in [0.1, 0.15) is 0 Å². The van der Waals surface area contributed by atoms with Crippen LogP contribution < -0.4 is 10.2 Å². The van der Waals surface area contributed by atoms with E-state index in [4.69, 9.17) is 0 Å². The number of carbonyl (C=O) groups excluding carboxylic acids is 2. The monoisotopic (exact) mass is 350 g/mol. The Hall–Kier alpha value is -2.62. The first kappa shape index (κ1) is 18.2. The van der Waals surface area contributed by atoms with E-state index in [-0.39, 0.29) is 24.2 Å². The topological polar surface area (TPSA) is 49.4 Å². The molecule has 4 heteroatoms. The van der Waals surface area contributed by atoms with Crippen molar-refractivity contribution < 1.29 is 9.59 Å². The van der Waals surface area contributed by atoms with Gasteiger partial charge in [-0.05, 0) is 43.0 Å². The Morgan fingerprint density at radius 1 is 1.19 bits per heavy atom. The standard InChI is InChI=1S/C22H26N2O2/c1-4-16(3)19-7-5-6-8-20(19)23-22(26)17-13-21(25)24(14-17)18-11-9-15(2)10-12-18/h5-12,16-17H,4,13-14H2,1-3H3,(H,23,26). The van der Waals surface area contributed by atoms with E-state index in [2.05, 4.69) is 25.2 Å². The van der Waals surface area contributed by atoms with Gasteiger partial charge in [-0.3, -0.25) is 9.59 Å². The molecule has 2 unspecified atom stereocenters. The second kappa shape index (κ2) is 7.73. The van der Waals surface area contributed by atoms with E-state index in [1.54, 1.807) is 4.90 Å². The van der Waals surface area contributed by atoms with Crippen LogP contribution in [0.1, 0.15) is 43.7 Å². The van der Waals surface area contributed by atoms with Crippen LogP contribution in [0.3, 0.4) is 0 Å². The van der Waals surface area contributed by atoms with Gasteiger partial charge in [0.15, 0.2) is 0 Å². The normalized spacial score (nSPS) is 18.0. The summed E-state index contributed by atoms with van der Waals surface area (Å²) in [4.78, 5) is 26.9. The average Bonchev–Trinajstić information content (AvgIpc) is 3.04. The zero-order chi connectivity index (χ0) is 18.7. The van der Waals surface area contributed by atoms with Crippen molar-refractivity contribution in [1.82, 2.24) is 0 Å². The van der Waals surface area contributed by atoms with Crippen LogP contribution in [0.4, 0.5) is 11.4 Å². The molecule has 0 bridgehead atoms. The predicted molar refractivity (Wildman–Crippen MR) is 105 cm³/mol. The lowest BCUT2D eigenvalue weighted by atomic mass is 9.96. The van der Waals surface area contributed by atoms with Gasteiger partial charge < -0.3 is 10.2 Å². The molecule has 4 nitrogen and oxygen atoms in total. The highest BCUT2D eigenvalue weighted by Gasteiger charge is 2.35. The molecular formula is C22H26N2O2. The van der Waals surface area contributed by atoms with Crippen LogP contribution in [0.2, 0.25) is 0 Å². The fourth-order valence-electron chi connectivity index (χ4n) is 3.35. The molecule has 2 aromatic carbocycles. The van der Waals surface area contributed by atoms with Gasteiger partial charge in [0.25, 0.3) is 0 Å². The van der Waals surface area contributed by atoms with E-state index in [0.29, 0.717) is 12.5 Å². The summed E-state index contributed by atoms with van der Waals surface area (Å²) in [6.07, 6.45) is 1.27. The van der Waals surface area contributed by atoms with Gasteiger partial charge in [0.2, 0.25) is 11.8 Å². The third kappa shape index (κ3) is 3.79. The second-order valence-corrected chi connectivity index (χ2v) is 7.13. The molecule has 0 spiro atoms. The molecule has 1 aliphatic heterocycles. The summed E-state index contributed by atoms with van der Waals surface area (Å²) in [5.41, 5.74) is 4.00. The maximum Gasteiger partial charge on any atom is 0.229 e. The van der Waals surface area contributed by atoms with Crippen LogP contribution in [0.25, 0.3) is 0 Å². The molecule has 136 valence electrons. The molecule has 1 heterocycles. The van der Waals surface area contributed by atoms with Crippen LogP contribution in [-0.2, 0) is 9.59 Å². The van der Waals surface area contributed by atoms with Gasteiger partial charge in [-0.25, -0.2) is 0 Å². The van der Waals surface area contributed by atoms with Crippen molar-refractivity contribution in [3.05, 3.63) is 59.7 Å². The molecule has 1 N–H and O–H groups in total. The number of hydrogen-bond donors (Lipinski definition) is 1. The van der Waals surface area contributed by atoms with Crippen molar-refractivity contribution in [3.8, 4) is 0 Å². The van der Waals surface area contributed by atoms with Gasteiger partial charge in [0, 0.05) is 24.3 Å². The minimum atomic E-state index is -0.325. The Bertz CT molecular complexity index is 798. The highest BCUT2D eigenvalue weighted by molar-refractivity contribution is 6.03. The largest absolute Gasteiger partial charge is 0.326 e. The number of amides is 2. The first-order valence-corrected chi connectivity index (χ1v) is 9.26. The van der Waals surface area contributed by atoms with Crippen LogP contribution in [0.5, 0.6) is 0 Å². The van der Waals surface area contributed by atoms with E-state index >= 15 is 0 Å². The van der Waals surface area contributed by atoms with Crippen molar-refractivity contribution in [3.63, 3.8) is 0 Å². The van der Waals surface area contributed by atoms with Gasteiger partial charge in [0.05, 0.1) is 5.92 Å². The molecule has 0 saturated carbocycles. The third-order valence-electron chi connectivity index (χ3n) is 5.20. The molecule has 1 aliphatic rings. The van der Waals surface area contributed by atoms with Gasteiger partial charge in [-0.15, -0.1) is 0 Å². The van der Waals surface area contributed by atoms with E-state index in [1.165, 1.54) is 0 Å². The van der Waals surface area contributed by atoms with E-state index < -0.39 is 0 Å². The quantitative estimate of drug-likeness (QED) is 0.863. The van der Waals surface area contributed by atoms with Gasteiger partial charge in [-0.1, -0.05) is 49.7 Å². The number of aryl methyl sites for hydroxylation is 1. The number of nitrogens with one attached hydrogen (secondary N) is 1. The van der Waals surface area contributed by atoms with Crippen molar-refractivity contribution in [2.45, 2.75) is 39.5 Å². The Labute approximate surface area is 155 Å². The van der Waals surface area contributed by atoms with Crippen LogP contribution in [0, 0.1) is 12.8 Å². The summed E-state index contributed by atoms with van der Waals surface area (Å²) < 4.78 is 0. The molecule has 3 rings (SSSR count). The SMILES string of the molecule is CCC(C)c1ccccc1NC(=O)C1CC(=O)N(c2ccc(C)cc2)C1. The summed E-state index contributed by atoms with van der Waals surface area (Å²) in [5, 5.41) is 3.05. The maximum atomic E-state index is 12.8. The fraction of sp³-hybridized carbons (Fsp3) is 0.364. The average molecular weight is 350 g/mol. The Morgan fingerprint density at radius 3 is 2.58 bits per heavy atom. The fourth-order valence-corrected chi connectivity index (χ4v) is 3.35. The van der Waals surface area contributed by atoms with Crippen molar-refractivity contribution in [2.75, 3.05) is 16.8 Å². The van der Waals surface area contributed by atoms with E-state index in [9.17, 15) is 9.59 Å². The van der Waals surface area contributed by atoms with Crippen LogP contribution in [-0.4, -0.2) is 18.4 Å². The number of para-hydroxylation sites is 1. The number of rotatable bonds is 5. The zero-order valence-corrected chi connectivity index (χ0v) is 15.7. The first-order valence-electron chi connectivity index (χ1n) is 9.26. The van der Waals surface area contributed by atoms with E-state index in [0.717, 1.165) is 28.9 Å².